The Hall–Kier alpha value is -1.57. The van der Waals surface area contributed by atoms with E-state index in [-0.39, 0.29) is 24.1 Å². The third-order valence-corrected chi connectivity index (χ3v) is 4.68. The number of rotatable bonds is 2. The van der Waals surface area contributed by atoms with Crippen molar-refractivity contribution in [1.82, 2.24) is 4.90 Å². The summed E-state index contributed by atoms with van der Waals surface area (Å²) in [5.41, 5.74) is -1.44. The number of nitrogens with zero attached hydrogens (tertiary/aromatic N) is 1. The highest BCUT2D eigenvalue weighted by atomic mass is 79.9. The van der Waals surface area contributed by atoms with Crippen molar-refractivity contribution >= 4 is 27.8 Å². The molecule has 0 radical (unpaired) electrons. The molecule has 0 spiro atoms. The molecule has 1 N–H and O–H groups in total. The van der Waals surface area contributed by atoms with E-state index in [1.54, 1.807) is 0 Å². The zero-order chi connectivity index (χ0) is 17.6. The van der Waals surface area contributed by atoms with Gasteiger partial charge in [-0.2, -0.15) is 13.2 Å². The molecule has 23 heavy (non-hydrogen) atoms. The molecule has 1 fully saturated rings. The number of aromatic carboxylic acids is 1. The number of likely N-dealkylation sites (tertiary alicyclic amines) is 1. The molecule has 0 saturated carbocycles. The standard InChI is InChI=1S/C15H15BrF3NO3/c1-14(2)11(15(17,18)19)3-4-20(14)12(21)8-5-9(13(22)23)7-10(16)6-8/h5-7,11H,3-4H2,1-2H3,(H,22,23). The third-order valence-electron chi connectivity index (χ3n) is 4.22. The first kappa shape index (κ1) is 17.8. The van der Waals surface area contributed by atoms with Crippen molar-refractivity contribution in [1.29, 1.82) is 0 Å². The normalized spacial score (nSPS) is 20.6. The Morgan fingerprint density at radius 1 is 1.26 bits per heavy atom. The minimum Gasteiger partial charge on any atom is -0.478 e. The van der Waals surface area contributed by atoms with E-state index < -0.39 is 29.5 Å². The van der Waals surface area contributed by atoms with Crippen LogP contribution in [0.4, 0.5) is 13.2 Å². The molecular weight excluding hydrogens is 379 g/mol. The van der Waals surface area contributed by atoms with E-state index in [9.17, 15) is 22.8 Å². The van der Waals surface area contributed by atoms with Gasteiger partial charge in [-0.3, -0.25) is 4.79 Å². The van der Waals surface area contributed by atoms with E-state index in [2.05, 4.69) is 15.9 Å². The van der Waals surface area contributed by atoms with Crippen LogP contribution in [0.1, 0.15) is 41.0 Å². The molecule has 2 rings (SSSR count). The van der Waals surface area contributed by atoms with E-state index in [0.29, 0.717) is 4.47 Å². The summed E-state index contributed by atoms with van der Waals surface area (Å²) < 4.78 is 39.7. The Labute approximate surface area is 139 Å². The van der Waals surface area contributed by atoms with Crippen LogP contribution in [0.25, 0.3) is 0 Å². The number of amides is 1. The summed E-state index contributed by atoms with van der Waals surface area (Å²) in [7, 11) is 0. The molecule has 1 aliphatic rings. The summed E-state index contributed by atoms with van der Waals surface area (Å²) in [6, 6.07) is 3.91. The molecule has 1 aliphatic heterocycles. The van der Waals surface area contributed by atoms with Crippen LogP contribution in [-0.4, -0.2) is 40.1 Å². The number of hydrogen-bond acceptors (Lipinski definition) is 2. The van der Waals surface area contributed by atoms with Crippen LogP contribution in [-0.2, 0) is 0 Å². The third kappa shape index (κ3) is 3.36. The lowest BCUT2D eigenvalue weighted by Gasteiger charge is -2.36. The molecule has 1 aromatic carbocycles. The van der Waals surface area contributed by atoms with Gasteiger partial charge in [0.05, 0.1) is 11.5 Å². The minimum absolute atomic E-state index is 0.0229. The van der Waals surface area contributed by atoms with E-state index >= 15 is 0 Å². The highest BCUT2D eigenvalue weighted by Gasteiger charge is 2.56. The van der Waals surface area contributed by atoms with Gasteiger partial charge in [-0.1, -0.05) is 15.9 Å². The SMILES string of the molecule is CC1(C)C(C(F)(F)F)CCN1C(=O)c1cc(Br)cc(C(=O)O)c1. The van der Waals surface area contributed by atoms with Crippen molar-refractivity contribution in [2.75, 3.05) is 6.54 Å². The first-order chi connectivity index (χ1) is 10.4. The Bertz CT molecular complexity index is 658. The van der Waals surface area contributed by atoms with Crippen LogP contribution in [0.15, 0.2) is 22.7 Å². The lowest BCUT2D eigenvalue weighted by molar-refractivity contribution is -0.189. The first-order valence-corrected chi connectivity index (χ1v) is 7.66. The van der Waals surface area contributed by atoms with Crippen molar-refractivity contribution in [3.8, 4) is 0 Å². The molecule has 1 aromatic rings. The number of carboxylic acids is 1. The van der Waals surface area contributed by atoms with Crippen LogP contribution >= 0.6 is 15.9 Å². The molecule has 0 aromatic heterocycles. The van der Waals surface area contributed by atoms with Gasteiger partial charge >= 0.3 is 12.1 Å². The zero-order valence-electron chi connectivity index (χ0n) is 12.4. The van der Waals surface area contributed by atoms with Gasteiger partial charge in [0, 0.05) is 22.1 Å². The van der Waals surface area contributed by atoms with Gasteiger partial charge in [0.2, 0.25) is 0 Å². The molecular formula is C15H15BrF3NO3. The number of carbonyl (C=O) groups excluding carboxylic acids is 1. The van der Waals surface area contributed by atoms with Gasteiger partial charge in [-0.05, 0) is 38.5 Å². The summed E-state index contributed by atoms with van der Waals surface area (Å²) in [6.07, 6.45) is -4.55. The Balaban J connectivity index is 2.37. The maximum Gasteiger partial charge on any atom is 0.394 e. The first-order valence-electron chi connectivity index (χ1n) is 6.87. The lowest BCUT2D eigenvalue weighted by atomic mass is 9.87. The van der Waals surface area contributed by atoms with Crippen LogP contribution in [0, 0.1) is 5.92 Å². The fourth-order valence-electron chi connectivity index (χ4n) is 3.01. The maximum absolute atomic E-state index is 13.1. The molecule has 126 valence electrons. The average Bonchev–Trinajstić information content (AvgIpc) is 2.72. The van der Waals surface area contributed by atoms with Crippen LogP contribution < -0.4 is 0 Å². The molecule has 0 bridgehead atoms. The van der Waals surface area contributed by atoms with Gasteiger partial charge in [0.15, 0.2) is 0 Å². The maximum atomic E-state index is 13.1. The summed E-state index contributed by atoms with van der Waals surface area (Å²) in [5.74, 6) is -3.43. The molecule has 1 unspecified atom stereocenters. The van der Waals surface area contributed by atoms with Crippen molar-refractivity contribution < 1.29 is 27.9 Å². The molecule has 8 heteroatoms. The van der Waals surface area contributed by atoms with Gasteiger partial charge in [0.1, 0.15) is 0 Å². The van der Waals surface area contributed by atoms with Crippen molar-refractivity contribution in [2.24, 2.45) is 5.92 Å². The predicted molar refractivity (Wildman–Crippen MR) is 80.4 cm³/mol. The number of benzene rings is 1. The number of alkyl halides is 3. The zero-order valence-corrected chi connectivity index (χ0v) is 14.0. The van der Waals surface area contributed by atoms with Gasteiger partial charge < -0.3 is 10.0 Å². The second-order valence-electron chi connectivity index (χ2n) is 6.03. The van der Waals surface area contributed by atoms with Crippen molar-refractivity contribution in [3.63, 3.8) is 0 Å². The molecule has 1 atom stereocenters. The predicted octanol–water partition coefficient (Wildman–Crippen LogP) is 3.95. The molecule has 1 saturated heterocycles. The Morgan fingerprint density at radius 3 is 2.30 bits per heavy atom. The summed E-state index contributed by atoms with van der Waals surface area (Å²) in [4.78, 5) is 24.8. The van der Waals surface area contributed by atoms with Gasteiger partial charge in [-0.15, -0.1) is 0 Å². The highest BCUT2D eigenvalue weighted by Crippen LogP contribution is 2.45. The fraction of sp³-hybridized carbons (Fsp3) is 0.467. The summed E-state index contributed by atoms with van der Waals surface area (Å²) in [6.45, 7) is 2.74. The molecule has 0 aliphatic carbocycles. The number of carbonyl (C=O) groups is 2. The highest BCUT2D eigenvalue weighted by molar-refractivity contribution is 9.10. The number of halogens is 4. The second kappa shape index (κ2) is 5.81. The number of carboxylic acid groups (broad SMARTS) is 1. The largest absolute Gasteiger partial charge is 0.478 e. The van der Waals surface area contributed by atoms with E-state index in [1.807, 2.05) is 0 Å². The minimum atomic E-state index is -4.39. The summed E-state index contributed by atoms with van der Waals surface area (Å²) >= 11 is 3.12. The van der Waals surface area contributed by atoms with Crippen LogP contribution in [0.2, 0.25) is 0 Å². The van der Waals surface area contributed by atoms with Crippen LogP contribution in [0.3, 0.4) is 0 Å². The van der Waals surface area contributed by atoms with Gasteiger partial charge in [-0.25, -0.2) is 4.79 Å². The van der Waals surface area contributed by atoms with Crippen molar-refractivity contribution in [3.05, 3.63) is 33.8 Å². The topological polar surface area (TPSA) is 57.6 Å². The average molecular weight is 394 g/mol. The van der Waals surface area contributed by atoms with E-state index in [0.717, 1.165) is 0 Å². The molecule has 4 nitrogen and oxygen atoms in total. The van der Waals surface area contributed by atoms with Crippen LogP contribution in [0.5, 0.6) is 0 Å². The van der Waals surface area contributed by atoms with Crippen molar-refractivity contribution in [2.45, 2.75) is 32.0 Å². The Morgan fingerprint density at radius 2 is 1.83 bits per heavy atom. The fourth-order valence-corrected chi connectivity index (χ4v) is 3.50. The Kier molecular flexibility index (Phi) is 4.49. The lowest BCUT2D eigenvalue weighted by Crippen LogP contribution is -2.49. The summed E-state index contributed by atoms with van der Waals surface area (Å²) in [5, 5.41) is 9.04. The van der Waals surface area contributed by atoms with E-state index in [1.165, 1.54) is 36.9 Å². The monoisotopic (exact) mass is 393 g/mol. The van der Waals surface area contributed by atoms with Gasteiger partial charge in [0.25, 0.3) is 5.91 Å². The quantitative estimate of drug-likeness (QED) is 0.827. The van der Waals surface area contributed by atoms with E-state index in [4.69, 9.17) is 5.11 Å². The second-order valence-corrected chi connectivity index (χ2v) is 6.94. The number of hydrogen-bond donors (Lipinski definition) is 1. The smallest absolute Gasteiger partial charge is 0.394 e. The molecule has 1 heterocycles. The molecule has 1 amide bonds.